The lowest BCUT2D eigenvalue weighted by atomic mass is 10.3. The SMILES string of the molecule is CCOCCCSC(C)CCN. The van der Waals surface area contributed by atoms with Crippen molar-refractivity contribution in [1.82, 2.24) is 0 Å². The van der Waals surface area contributed by atoms with Crippen molar-refractivity contribution < 1.29 is 4.74 Å². The van der Waals surface area contributed by atoms with Crippen molar-refractivity contribution in [2.45, 2.75) is 31.9 Å². The Morgan fingerprint density at radius 3 is 2.83 bits per heavy atom. The molecule has 0 aromatic rings. The molecule has 0 amide bonds. The largest absolute Gasteiger partial charge is 0.382 e. The Kier molecular flexibility index (Phi) is 9.57. The van der Waals surface area contributed by atoms with Gasteiger partial charge in [-0.05, 0) is 32.1 Å². The number of thioether (sulfide) groups is 1. The van der Waals surface area contributed by atoms with Crippen LogP contribution >= 0.6 is 11.8 Å². The lowest BCUT2D eigenvalue weighted by Crippen LogP contribution is -2.08. The molecule has 0 aliphatic carbocycles. The number of rotatable bonds is 8. The van der Waals surface area contributed by atoms with Gasteiger partial charge < -0.3 is 10.5 Å². The smallest absolute Gasteiger partial charge is 0.0473 e. The van der Waals surface area contributed by atoms with Crippen molar-refractivity contribution in [3.8, 4) is 0 Å². The molecule has 0 aliphatic heterocycles. The molecular weight excluding hydrogens is 170 g/mol. The molecule has 0 aliphatic rings. The molecule has 0 radical (unpaired) electrons. The predicted octanol–water partition coefficient (Wildman–Crippen LogP) is 1.88. The molecule has 0 saturated heterocycles. The highest BCUT2D eigenvalue weighted by Gasteiger charge is 1.99. The lowest BCUT2D eigenvalue weighted by Gasteiger charge is -2.08. The third-order valence-electron chi connectivity index (χ3n) is 1.61. The van der Waals surface area contributed by atoms with E-state index in [4.69, 9.17) is 10.5 Å². The Balaban J connectivity index is 2.97. The summed E-state index contributed by atoms with van der Waals surface area (Å²) in [4.78, 5) is 0. The maximum atomic E-state index is 5.44. The van der Waals surface area contributed by atoms with Crippen LogP contribution in [0.25, 0.3) is 0 Å². The first kappa shape index (κ1) is 12.3. The highest BCUT2D eigenvalue weighted by Crippen LogP contribution is 2.13. The monoisotopic (exact) mass is 191 g/mol. The second-order valence-electron chi connectivity index (χ2n) is 2.81. The zero-order valence-electron chi connectivity index (χ0n) is 8.21. The molecule has 1 unspecified atom stereocenters. The summed E-state index contributed by atoms with van der Waals surface area (Å²) >= 11 is 1.99. The Bertz CT molecular complexity index is 90.6. The molecule has 2 nitrogen and oxygen atoms in total. The Morgan fingerprint density at radius 1 is 1.50 bits per heavy atom. The first-order valence-corrected chi connectivity index (χ1v) is 5.75. The molecule has 3 heteroatoms. The summed E-state index contributed by atoms with van der Waals surface area (Å²) in [6, 6.07) is 0. The summed E-state index contributed by atoms with van der Waals surface area (Å²) < 4.78 is 5.24. The van der Waals surface area contributed by atoms with Gasteiger partial charge in [0.2, 0.25) is 0 Å². The van der Waals surface area contributed by atoms with Crippen molar-refractivity contribution >= 4 is 11.8 Å². The van der Waals surface area contributed by atoms with E-state index in [2.05, 4.69) is 6.92 Å². The first-order valence-electron chi connectivity index (χ1n) is 4.70. The van der Waals surface area contributed by atoms with Gasteiger partial charge in [0.15, 0.2) is 0 Å². The predicted molar refractivity (Wildman–Crippen MR) is 56.7 cm³/mol. The highest BCUT2D eigenvalue weighted by atomic mass is 32.2. The molecule has 0 spiro atoms. The minimum Gasteiger partial charge on any atom is -0.382 e. The van der Waals surface area contributed by atoms with Gasteiger partial charge in [-0.15, -0.1) is 0 Å². The second-order valence-corrected chi connectivity index (χ2v) is 4.36. The number of ether oxygens (including phenoxy) is 1. The van der Waals surface area contributed by atoms with Crippen LogP contribution in [0, 0.1) is 0 Å². The summed E-state index contributed by atoms with van der Waals surface area (Å²) in [6.45, 7) is 6.81. The van der Waals surface area contributed by atoms with E-state index >= 15 is 0 Å². The third kappa shape index (κ3) is 8.37. The average Bonchev–Trinajstić information content (AvgIpc) is 2.05. The van der Waals surface area contributed by atoms with Crippen molar-refractivity contribution in [2.24, 2.45) is 5.73 Å². The second kappa shape index (κ2) is 9.36. The van der Waals surface area contributed by atoms with Gasteiger partial charge in [0, 0.05) is 18.5 Å². The average molecular weight is 191 g/mol. The third-order valence-corrected chi connectivity index (χ3v) is 2.94. The van der Waals surface area contributed by atoms with Crippen LogP contribution in [0.3, 0.4) is 0 Å². The van der Waals surface area contributed by atoms with Gasteiger partial charge >= 0.3 is 0 Å². The quantitative estimate of drug-likeness (QED) is 0.595. The summed E-state index contributed by atoms with van der Waals surface area (Å²) in [6.07, 6.45) is 2.28. The summed E-state index contributed by atoms with van der Waals surface area (Å²) in [5, 5.41) is 0.705. The summed E-state index contributed by atoms with van der Waals surface area (Å²) in [7, 11) is 0. The zero-order chi connectivity index (χ0) is 9.23. The Hall–Kier alpha value is 0.270. The molecule has 1 atom stereocenters. The van der Waals surface area contributed by atoms with Gasteiger partial charge in [-0.2, -0.15) is 11.8 Å². The van der Waals surface area contributed by atoms with E-state index in [1.54, 1.807) is 0 Å². The Labute approximate surface area is 80.2 Å². The molecule has 0 saturated carbocycles. The van der Waals surface area contributed by atoms with Gasteiger partial charge in [0.05, 0.1) is 0 Å². The van der Waals surface area contributed by atoms with Crippen LogP contribution in [-0.2, 0) is 4.74 Å². The molecule has 0 heterocycles. The van der Waals surface area contributed by atoms with Crippen LogP contribution < -0.4 is 5.73 Å². The molecule has 74 valence electrons. The molecule has 0 aromatic heterocycles. The first-order chi connectivity index (χ1) is 5.81. The van der Waals surface area contributed by atoms with Crippen molar-refractivity contribution in [3.63, 3.8) is 0 Å². The van der Waals surface area contributed by atoms with Crippen molar-refractivity contribution in [2.75, 3.05) is 25.5 Å². The van der Waals surface area contributed by atoms with E-state index in [0.717, 1.165) is 32.6 Å². The maximum absolute atomic E-state index is 5.44. The van der Waals surface area contributed by atoms with Crippen LogP contribution in [0.5, 0.6) is 0 Å². The van der Waals surface area contributed by atoms with E-state index < -0.39 is 0 Å². The fourth-order valence-corrected chi connectivity index (χ4v) is 1.90. The van der Waals surface area contributed by atoms with Crippen LogP contribution in [0.2, 0.25) is 0 Å². The number of nitrogens with two attached hydrogens (primary N) is 1. The van der Waals surface area contributed by atoms with Crippen LogP contribution in [0.4, 0.5) is 0 Å². The molecule has 0 fully saturated rings. The van der Waals surface area contributed by atoms with E-state index in [0.29, 0.717) is 5.25 Å². The van der Waals surface area contributed by atoms with E-state index in [-0.39, 0.29) is 0 Å². The van der Waals surface area contributed by atoms with E-state index in [1.165, 1.54) is 5.75 Å². The number of hydrogen-bond donors (Lipinski definition) is 1. The van der Waals surface area contributed by atoms with Gasteiger partial charge in [0.1, 0.15) is 0 Å². The topological polar surface area (TPSA) is 35.2 Å². The normalized spacial score (nSPS) is 13.2. The van der Waals surface area contributed by atoms with E-state index in [1.807, 2.05) is 18.7 Å². The van der Waals surface area contributed by atoms with Crippen molar-refractivity contribution in [3.05, 3.63) is 0 Å². The molecule has 2 N–H and O–H groups in total. The van der Waals surface area contributed by atoms with Gasteiger partial charge in [0.25, 0.3) is 0 Å². The maximum Gasteiger partial charge on any atom is 0.0473 e. The van der Waals surface area contributed by atoms with Gasteiger partial charge in [-0.25, -0.2) is 0 Å². The zero-order valence-corrected chi connectivity index (χ0v) is 9.03. The molecule has 0 bridgehead atoms. The standard InChI is InChI=1S/C9H21NOS/c1-3-11-7-4-8-12-9(2)5-6-10/h9H,3-8,10H2,1-2H3. The summed E-state index contributed by atoms with van der Waals surface area (Å²) in [5.41, 5.74) is 5.44. The molecular formula is C9H21NOS. The lowest BCUT2D eigenvalue weighted by molar-refractivity contribution is 0.149. The fourth-order valence-electron chi connectivity index (χ4n) is 0.908. The highest BCUT2D eigenvalue weighted by molar-refractivity contribution is 7.99. The van der Waals surface area contributed by atoms with Crippen LogP contribution in [0.15, 0.2) is 0 Å². The van der Waals surface area contributed by atoms with Gasteiger partial charge in [-0.1, -0.05) is 6.92 Å². The van der Waals surface area contributed by atoms with Crippen LogP contribution in [-0.4, -0.2) is 30.8 Å². The molecule has 0 aromatic carbocycles. The van der Waals surface area contributed by atoms with Gasteiger partial charge in [-0.3, -0.25) is 0 Å². The fraction of sp³-hybridized carbons (Fsp3) is 1.00. The van der Waals surface area contributed by atoms with E-state index in [9.17, 15) is 0 Å². The molecule has 12 heavy (non-hydrogen) atoms. The minimum atomic E-state index is 0.705. The molecule has 0 rings (SSSR count). The number of hydrogen-bond acceptors (Lipinski definition) is 3. The summed E-state index contributed by atoms with van der Waals surface area (Å²) in [5.74, 6) is 1.20. The van der Waals surface area contributed by atoms with Crippen LogP contribution in [0.1, 0.15) is 26.7 Å². The minimum absolute atomic E-state index is 0.705. The Morgan fingerprint density at radius 2 is 2.25 bits per heavy atom. The van der Waals surface area contributed by atoms with Crippen molar-refractivity contribution in [1.29, 1.82) is 0 Å².